The Labute approximate surface area is 266 Å². The van der Waals surface area contributed by atoms with Crippen LogP contribution in [0.15, 0.2) is 30.6 Å². The van der Waals surface area contributed by atoms with Gasteiger partial charge in [-0.05, 0) is 137 Å². The number of pyridine rings is 1. The van der Waals surface area contributed by atoms with Crippen molar-refractivity contribution in [2.45, 2.75) is 110 Å². The zero-order chi connectivity index (χ0) is 32.9. The highest BCUT2D eigenvalue weighted by Crippen LogP contribution is 2.41. The Hall–Kier alpha value is -2.62. The van der Waals surface area contributed by atoms with Gasteiger partial charge in [-0.25, -0.2) is 0 Å². The molecule has 1 saturated heterocycles. The molecule has 2 aromatic rings. The summed E-state index contributed by atoms with van der Waals surface area (Å²) in [7, 11) is 1.88. The van der Waals surface area contributed by atoms with Gasteiger partial charge in [0.05, 0.1) is 6.10 Å². The van der Waals surface area contributed by atoms with Crippen molar-refractivity contribution in [2.24, 2.45) is 5.41 Å². The predicted octanol–water partition coefficient (Wildman–Crippen LogP) is 7.61. The first-order chi connectivity index (χ1) is 21.2. The standard InChI is InChI=1S/C36H50F3N3O3/c1-24-7-8-25(2)30(19-24)27(14-17-42-18-15-35(4,5)23-42)13-16-41(6)34(32(44)22-43)31-21-40-20-26(3)33(31)28-9-11-29(12-10-28)45-36(37,38)39/h7-8,19-22,27-29,34H,9-18,23H2,1-6H3/t27-,28?,29?,34-/m1/s1. The average Bonchev–Trinajstić information content (AvgIpc) is 3.32. The van der Waals surface area contributed by atoms with Gasteiger partial charge < -0.3 is 4.90 Å². The lowest BCUT2D eigenvalue weighted by molar-refractivity contribution is -0.345. The van der Waals surface area contributed by atoms with Gasteiger partial charge in [0, 0.05) is 18.9 Å². The molecule has 0 amide bonds. The van der Waals surface area contributed by atoms with Gasteiger partial charge in [0.1, 0.15) is 6.04 Å². The van der Waals surface area contributed by atoms with Gasteiger partial charge in [-0.2, -0.15) is 0 Å². The minimum absolute atomic E-state index is 0.0427. The van der Waals surface area contributed by atoms with Crippen molar-refractivity contribution in [1.82, 2.24) is 14.8 Å². The number of likely N-dealkylation sites (tertiary alicyclic amines) is 1. The van der Waals surface area contributed by atoms with Crippen LogP contribution in [0, 0.1) is 26.2 Å². The quantitative estimate of drug-likeness (QED) is 0.168. The summed E-state index contributed by atoms with van der Waals surface area (Å²) in [5.41, 5.74) is 6.62. The summed E-state index contributed by atoms with van der Waals surface area (Å²) in [5.74, 6) is -0.302. The molecule has 0 spiro atoms. The summed E-state index contributed by atoms with van der Waals surface area (Å²) in [6, 6.07) is 5.79. The average molecular weight is 630 g/mol. The molecular weight excluding hydrogens is 579 g/mol. The molecule has 2 aliphatic rings. The Morgan fingerprint density at radius 3 is 2.42 bits per heavy atom. The van der Waals surface area contributed by atoms with Crippen LogP contribution in [0.1, 0.15) is 110 Å². The number of hydrogen-bond acceptors (Lipinski definition) is 6. The molecule has 2 fully saturated rings. The van der Waals surface area contributed by atoms with Gasteiger partial charge in [-0.1, -0.05) is 37.6 Å². The lowest BCUT2D eigenvalue weighted by Gasteiger charge is -2.34. The van der Waals surface area contributed by atoms with Gasteiger partial charge in [-0.15, -0.1) is 13.2 Å². The van der Waals surface area contributed by atoms with E-state index in [0.29, 0.717) is 36.7 Å². The van der Waals surface area contributed by atoms with E-state index >= 15 is 0 Å². The maximum Gasteiger partial charge on any atom is 0.522 e. The Bertz CT molecular complexity index is 1320. The lowest BCUT2D eigenvalue weighted by Crippen LogP contribution is -2.35. The predicted molar refractivity (Wildman–Crippen MR) is 170 cm³/mol. The van der Waals surface area contributed by atoms with Crippen LogP contribution in [0.3, 0.4) is 0 Å². The van der Waals surface area contributed by atoms with Gasteiger partial charge in [0.25, 0.3) is 0 Å². The van der Waals surface area contributed by atoms with Crippen molar-refractivity contribution >= 4 is 12.1 Å². The second kappa shape index (κ2) is 14.9. The molecule has 2 heterocycles. The molecule has 0 N–H and O–H groups in total. The number of halogens is 3. The maximum absolute atomic E-state index is 13.3. The molecule has 4 rings (SSSR count). The molecular formula is C36H50F3N3O3. The number of nitrogens with zero attached hydrogens (tertiary/aromatic N) is 3. The molecule has 1 aromatic heterocycles. The summed E-state index contributed by atoms with van der Waals surface area (Å²) >= 11 is 0. The Kier molecular flexibility index (Phi) is 11.6. The monoisotopic (exact) mass is 629 g/mol. The minimum atomic E-state index is -4.65. The Balaban J connectivity index is 1.55. The molecule has 0 bridgehead atoms. The van der Waals surface area contributed by atoms with Gasteiger partial charge in [0.2, 0.25) is 5.78 Å². The van der Waals surface area contributed by atoms with E-state index in [9.17, 15) is 22.8 Å². The molecule has 6 nitrogen and oxygen atoms in total. The van der Waals surface area contributed by atoms with E-state index in [4.69, 9.17) is 0 Å². The molecule has 248 valence electrons. The van der Waals surface area contributed by atoms with E-state index in [1.807, 2.05) is 18.9 Å². The van der Waals surface area contributed by atoms with E-state index in [0.717, 1.165) is 43.6 Å². The van der Waals surface area contributed by atoms with Gasteiger partial charge in [-0.3, -0.25) is 24.2 Å². The Morgan fingerprint density at radius 1 is 1.09 bits per heavy atom. The second-order valence-corrected chi connectivity index (χ2v) is 14.2. The van der Waals surface area contributed by atoms with Crippen molar-refractivity contribution in [3.05, 3.63) is 64.0 Å². The fourth-order valence-electron chi connectivity index (χ4n) is 7.60. The summed E-state index contributed by atoms with van der Waals surface area (Å²) in [6.45, 7) is 14.6. The van der Waals surface area contributed by atoms with Crippen LogP contribution in [0.5, 0.6) is 0 Å². The number of aldehydes is 1. The largest absolute Gasteiger partial charge is 0.522 e. The highest BCUT2D eigenvalue weighted by atomic mass is 19.4. The number of rotatable bonds is 13. The van der Waals surface area contributed by atoms with E-state index in [2.05, 4.69) is 60.5 Å². The molecule has 0 unspecified atom stereocenters. The molecule has 1 aliphatic carbocycles. The summed E-state index contributed by atoms with van der Waals surface area (Å²) in [5, 5.41) is 0. The molecule has 2 atom stereocenters. The van der Waals surface area contributed by atoms with Crippen molar-refractivity contribution in [2.75, 3.05) is 33.2 Å². The second-order valence-electron chi connectivity index (χ2n) is 14.2. The summed E-state index contributed by atoms with van der Waals surface area (Å²) < 4.78 is 42.8. The van der Waals surface area contributed by atoms with E-state index in [-0.39, 0.29) is 24.7 Å². The molecule has 1 aliphatic heterocycles. The van der Waals surface area contributed by atoms with E-state index in [1.54, 1.807) is 12.4 Å². The third-order valence-corrected chi connectivity index (χ3v) is 9.98. The first-order valence-corrected chi connectivity index (χ1v) is 16.3. The summed E-state index contributed by atoms with van der Waals surface area (Å²) in [6.07, 6.45) is 2.85. The molecule has 9 heteroatoms. The van der Waals surface area contributed by atoms with Crippen molar-refractivity contribution in [1.29, 1.82) is 0 Å². The van der Waals surface area contributed by atoms with Crippen LogP contribution < -0.4 is 0 Å². The zero-order valence-corrected chi connectivity index (χ0v) is 27.8. The van der Waals surface area contributed by atoms with Gasteiger partial charge >= 0.3 is 6.36 Å². The molecule has 45 heavy (non-hydrogen) atoms. The van der Waals surface area contributed by atoms with Crippen LogP contribution >= 0.6 is 0 Å². The minimum Gasteiger partial charge on any atom is -0.303 e. The number of aromatic nitrogens is 1. The van der Waals surface area contributed by atoms with Crippen molar-refractivity contribution < 1.29 is 27.5 Å². The number of likely N-dealkylation sites (N-methyl/N-ethyl adjacent to an activating group) is 1. The fraction of sp³-hybridized carbons (Fsp3) is 0.639. The first-order valence-electron chi connectivity index (χ1n) is 16.3. The molecule has 0 radical (unpaired) electrons. The van der Waals surface area contributed by atoms with Crippen LogP contribution in [0.2, 0.25) is 0 Å². The van der Waals surface area contributed by atoms with Gasteiger partial charge in [0.15, 0.2) is 6.29 Å². The Morgan fingerprint density at radius 2 is 1.80 bits per heavy atom. The molecule has 1 saturated carbocycles. The highest BCUT2D eigenvalue weighted by Gasteiger charge is 2.37. The maximum atomic E-state index is 13.3. The number of carbonyl (C=O) groups excluding carboxylic acids is 2. The zero-order valence-electron chi connectivity index (χ0n) is 27.8. The third-order valence-electron chi connectivity index (χ3n) is 9.98. The smallest absolute Gasteiger partial charge is 0.303 e. The number of ether oxygens (including phenoxy) is 1. The summed E-state index contributed by atoms with van der Waals surface area (Å²) in [4.78, 5) is 34.2. The number of carbonyl (C=O) groups is 2. The number of Topliss-reactive ketones (excluding diaryl/α,β-unsaturated/α-hetero) is 1. The lowest BCUT2D eigenvalue weighted by atomic mass is 9.78. The van der Waals surface area contributed by atoms with E-state index < -0.39 is 24.3 Å². The number of alkyl halides is 3. The number of ketones is 1. The SMILES string of the molecule is Cc1ccc(C)c([C@@H](CCN2CCC(C)(C)C2)CCN(C)[C@@H](C(=O)C=O)c2cncc(C)c2C2CCC(OC(F)(F)F)CC2)c1. The van der Waals surface area contributed by atoms with Crippen LogP contribution in [0.4, 0.5) is 13.2 Å². The molecule has 1 aromatic carbocycles. The third kappa shape index (κ3) is 9.46. The van der Waals surface area contributed by atoms with E-state index in [1.165, 1.54) is 23.1 Å². The van der Waals surface area contributed by atoms with Crippen LogP contribution in [-0.4, -0.2) is 72.5 Å². The number of benzene rings is 1. The van der Waals surface area contributed by atoms with Crippen LogP contribution in [0.25, 0.3) is 0 Å². The van der Waals surface area contributed by atoms with Crippen molar-refractivity contribution in [3.8, 4) is 0 Å². The first kappa shape index (κ1) is 35.2. The normalized spacial score (nSPS) is 22.0. The fourth-order valence-corrected chi connectivity index (χ4v) is 7.60. The topological polar surface area (TPSA) is 62.7 Å². The van der Waals surface area contributed by atoms with Crippen LogP contribution in [-0.2, 0) is 14.3 Å². The highest BCUT2D eigenvalue weighted by molar-refractivity contribution is 6.27. The number of aryl methyl sites for hydroxylation is 3. The number of hydrogen-bond donors (Lipinski definition) is 0. The van der Waals surface area contributed by atoms with Crippen molar-refractivity contribution in [3.63, 3.8) is 0 Å².